The molecule has 2 rings (SSSR count). The van der Waals surface area contributed by atoms with E-state index in [0.29, 0.717) is 6.54 Å². The fraction of sp³-hybridized carbons (Fsp3) is 0.267. The summed E-state index contributed by atoms with van der Waals surface area (Å²) in [5.74, 6) is 0. The van der Waals surface area contributed by atoms with Gasteiger partial charge in [-0.15, -0.1) is 0 Å². The molecule has 0 aliphatic carbocycles. The standard InChI is InChI=1S/C15H18ClN3/c1-19(9-7-14-4-2-3-8-18-14)15-6-5-13(16)10-12(15)11-17/h2-6,8,10H,7,9,11,17H2,1H3. The first-order valence-corrected chi connectivity index (χ1v) is 6.68. The van der Waals surface area contributed by atoms with Gasteiger partial charge < -0.3 is 10.6 Å². The van der Waals surface area contributed by atoms with Crippen LogP contribution in [0, 0.1) is 0 Å². The van der Waals surface area contributed by atoms with E-state index >= 15 is 0 Å². The predicted molar refractivity (Wildman–Crippen MR) is 80.6 cm³/mol. The van der Waals surface area contributed by atoms with Crippen molar-refractivity contribution in [2.75, 3.05) is 18.5 Å². The van der Waals surface area contributed by atoms with Crippen molar-refractivity contribution in [3.05, 3.63) is 58.9 Å². The summed E-state index contributed by atoms with van der Waals surface area (Å²) in [4.78, 5) is 6.52. The molecule has 2 N–H and O–H groups in total. The van der Waals surface area contributed by atoms with E-state index in [2.05, 4.69) is 16.9 Å². The Balaban J connectivity index is 2.05. The topological polar surface area (TPSA) is 42.2 Å². The summed E-state index contributed by atoms with van der Waals surface area (Å²) in [6, 6.07) is 11.8. The van der Waals surface area contributed by atoms with Gasteiger partial charge >= 0.3 is 0 Å². The van der Waals surface area contributed by atoms with E-state index in [0.717, 1.165) is 34.9 Å². The van der Waals surface area contributed by atoms with Crippen molar-refractivity contribution in [3.8, 4) is 0 Å². The van der Waals surface area contributed by atoms with Gasteiger partial charge in [-0.25, -0.2) is 0 Å². The Labute approximate surface area is 119 Å². The molecule has 0 spiro atoms. The molecule has 0 aliphatic rings. The summed E-state index contributed by atoms with van der Waals surface area (Å²) in [7, 11) is 2.06. The first kappa shape index (κ1) is 13.8. The van der Waals surface area contributed by atoms with Gasteiger partial charge in [0.15, 0.2) is 0 Å². The predicted octanol–water partition coefficient (Wildman–Crippen LogP) is 2.87. The Morgan fingerprint density at radius 1 is 1.26 bits per heavy atom. The number of hydrogen-bond donors (Lipinski definition) is 1. The third-order valence-electron chi connectivity index (χ3n) is 3.10. The fourth-order valence-electron chi connectivity index (χ4n) is 2.04. The van der Waals surface area contributed by atoms with Gasteiger partial charge in [0.1, 0.15) is 0 Å². The fourth-order valence-corrected chi connectivity index (χ4v) is 2.23. The molecule has 0 fully saturated rings. The molecule has 1 aromatic heterocycles. The van der Waals surface area contributed by atoms with Crippen molar-refractivity contribution in [1.82, 2.24) is 4.98 Å². The van der Waals surface area contributed by atoms with Crippen LogP contribution in [0.25, 0.3) is 0 Å². The van der Waals surface area contributed by atoms with Gasteiger partial charge in [-0.2, -0.15) is 0 Å². The van der Waals surface area contributed by atoms with Crippen LogP contribution in [-0.2, 0) is 13.0 Å². The first-order chi connectivity index (χ1) is 9.20. The first-order valence-electron chi connectivity index (χ1n) is 6.30. The minimum atomic E-state index is 0.490. The molecule has 2 aromatic rings. The number of likely N-dealkylation sites (N-methyl/N-ethyl adjacent to an activating group) is 1. The van der Waals surface area contributed by atoms with Gasteiger partial charge in [0, 0.05) is 49.2 Å². The molecule has 0 radical (unpaired) electrons. The third kappa shape index (κ3) is 3.69. The van der Waals surface area contributed by atoms with Crippen LogP contribution in [0.4, 0.5) is 5.69 Å². The molecule has 3 nitrogen and oxygen atoms in total. The summed E-state index contributed by atoms with van der Waals surface area (Å²) in [5.41, 5.74) is 9.06. The zero-order valence-corrected chi connectivity index (χ0v) is 11.8. The SMILES string of the molecule is CN(CCc1ccccn1)c1ccc(Cl)cc1CN. The van der Waals surface area contributed by atoms with Crippen molar-refractivity contribution in [2.24, 2.45) is 5.73 Å². The number of aromatic nitrogens is 1. The second kappa shape index (κ2) is 6.55. The van der Waals surface area contributed by atoms with Crippen LogP contribution in [0.3, 0.4) is 0 Å². The highest BCUT2D eigenvalue weighted by atomic mass is 35.5. The molecule has 1 aromatic carbocycles. The molecular formula is C15H18ClN3. The van der Waals surface area contributed by atoms with E-state index in [1.165, 1.54) is 0 Å². The van der Waals surface area contributed by atoms with Crippen molar-refractivity contribution >= 4 is 17.3 Å². The summed E-state index contributed by atoms with van der Waals surface area (Å²) in [6.07, 6.45) is 2.73. The van der Waals surface area contributed by atoms with Crippen molar-refractivity contribution in [1.29, 1.82) is 0 Å². The van der Waals surface area contributed by atoms with Crippen molar-refractivity contribution < 1.29 is 0 Å². The smallest absolute Gasteiger partial charge is 0.0421 e. The van der Waals surface area contributed by atoms with Gasteiger partial charge in [-0.05, 0) is 35.9 Å². The van der Waals surface area contributed by atoms with Crippen LogP contribution < -0.4 is 10.6 Å². The summed E-state index contributed by atoms with van der Waals surface area (Å²) < 4.78 is 0. The van der Waals surface area contributed by atoms with Crippen LogP contribution in [0.1, 0.15) is 11.3 Å². The number of halogens is 1. The number of nitrogens with two attached hydrogens (primary N) is 1. The third-order valence-corrected chi connectivity index (χ3v) is 3.34. The number of nitrogens with zero attached hydrogens (tertiary/aromatic N) is 2. The molecule has 1 heterocycles. The zero-order chi connectivity index (χ0) is 13.7. The van der Waals surface area contributed by atoms with Crippen molar-refractivity contribution in [2.45, 2.75) is 13.0 Å². The Kier molecular flexibility index (Phi) is 4.77. The molecule has 0 aliphatic heterocycles. The van der Waals surface area contributed by atoms with E-state index in [-0.39, 0.29) is 0 Å². The van der Waals surface area contributed by atoms with Crippen molar-refractivity contribution in [3.63, 3.8) is 0 Å². The Bertz CT molecular complexity index is 528. The average molecular weight is 276 g/mol. The second-order valence-electron chi connectivity index (χ2n) is 4.47. The molecular weight excluding hydrogens is 258 g/mol. The molecule has 0 atom stereocenters. The lowest BCUT2D eigenvalue weighted by molar-refractivity contribution is 0.844. The number of rotatable bonds is 5. The molecule has 0 saturated heterocycles. The van der Waals surface area contributed by atoms with Crippen LogP contribution in [0.5, 0.6) is 0 Å². The van der Waals surface area contributed by atoms with Gasteiger partial charge in [0.25, 0.3) is 0 Å². The molecule has 4 heteroatoms. The highest BCUT2D eigenvalue weighted by Crippen LogP contribution is 2.23. The molecule has 0 unspecified atom stereocenters. The lowest BCUT2D eigenvalue weighted by atomic mass is 10.1. The van der Waals surface area contributed by atoms with E-state index in [1.54, 1.807) is 0 Å². The number of benzene rings is 1. The normalized spacial score (nSPS) is 10.5. The summed E-state index contributed by atoms with van der Waals surface area (Å²) >= 11 is 5.99. The number of hydrogen-bond acceptors (Lipinski definition) is 3. The van der Waals surface area contributed by atoms with E-state index in [9.17, 15) is 0 Å². The minimum Gasteiger partial charge on any atom is -0.374 e. The van der Waals surface area contributed by atoms with Gasteiger partial charge in [-0.1, -0.05) is 17.7 Å². The Hall–Kier alpha value is -1.58. The lowest BCUT2D eigenvalue weighted by Crippen LogP contribution is -2.22. The summed E-state index contributed by atoms with van der Waals surface area (Å²) in [5, 5.41) is 0.724. The molecule has 0 amide bonds. The largest absolute Gasteiger partial charge is 0.374 e. The highest BCUT2D eigenvalue weighted by molar-refractivity contribution is 6.30. The van der Waals surface area contributed by atoms with E-state index < -0.39 is 0 Å². The van der Waals surface area contributed by atoms with E-state index in [1.807, 2.05) is 42.6 Å². The maximum Gasteiger partial charge on any atom is 0.0421 e. The Morgan fingerprint density at radius 3 is 2.79 bits per heavy atom. The molecule has 19 heavy (non-hydrogen) atoms. The minimum absolute atomic E-state index is 0.490. The molecule has 0 saturated carbocycles. The number of pyridine rings is 1. The molecule has 100 valence electrons. The average Bonchev–Trinajstić information content (AvgIpc) is 2.45. The maximum absolute atomic E-state index is 5.99. The number of anilines is 1. The second-order valence-corrected chi connectivity index (χ2v) is 4.91. The van der Waals surface area contributed by atoms with Crippen LogP contribution in [0.15, 0.2) is 42.6 Å². The monoisotopic (exact) mass is 275 g/mol. The van der Waals surface area contributed by atoms with Gasteiger partial charge in [0.05, 0.1) is 0 Å². The Morgan fingerprint density at radius 2 is 2.11 bits per heavy atom. The van der Waals surface area contributed by atoms with Crippen LogP contribution in [0.2, 0.25) is 5.02 Å². The van der Waals surface area contributed by atoms with Crippen LogP contribution in [-0.4, -0.2) is 18.6 Å². The highest BCUT2D eigenvalue weighted by Gasteiger charge is 2.07. The lowest BCUT2D eigenvalue weighted by Gasteiger charge is -2.22. The van der Waals surface area contributed by atoms with Gasteiger partial charge in [-0.3, -0.25) is 4.98 Å². The summed E-state index contributed by atoms with van der Waals surface area (Å²) in [6.45, 7) is 1.38. The quantitative estimate of drug-likeness (QED) is 0.912. The van der Waals surface area contributed by atoms with Crippen LogP contribution >= 0.6 is 11.6 Å². The maximum atomic E-state index is 5.99. The van der Waals surface area contributed by atoms with E-state index in [4.69, 9.17) is 17.3 Å². The van der Waals surface area contributed by atoms with Gasteiger partial charge in [0.2, 0.25) is 0 Å². The zero-order valence-electron chi connectivity index (χ0n) is 11.0. The molecule has 0 bridgehead atoms.